The molecule has 6 nitrogen and oxygen atoms in total. The van der Waals surface area contributed by atoms with Crippen molar-refractivity contribution < 1.29 is 19.1 Å². The van der Waals surface area contributed by atoms with E-state index in [2.05, 4.69) is 5.32 Å². The molecule has 1 fully saturated rings. The molecule has 0 unspecified atom stereocenters. The second-order valence-corrected chi connectivity index (χ2v) is 7.46. The van der Waals surface area contributed by atoms with E-state index < -0.39 is 0 Å². The summed E-state index contributed by atoms with van der Waals surface area (Å²) in [4.78, 5) is 37.5. The molecule has 2 aromatic rings. The zero-order valence-corrected chi connectivity index (χ0v) is 16.7. The van der Waals surface area contributed by atoms with Crippen LogP contribution in [-0.4, -0.2) is 34.3 Å². The number of imide groups is 1. The van der Waals surface area contributed by atoms with Crippen molar-refractivity contribution >= 4 is 34.5 Å². The third kappa shape index (κ3) is 4.72. The van der Waals surface area contributed by atoms with Crippen molar-refractivity contribution in [3.05, 3.63) is 59.2 Å². The molecule has 0 spiro atoms. The number of hydrogen-bond donors (Lipinski definition) is 1. The summed E-state index contributed by atoms with van der Waals surface area (Å²) in [7, 11) is 0. The molecule has 1 aliphatic heterocycles. The van der Waals surface area contributed by atoms with Crippen LogP contribution < -0.4 is 10.1 Å². The molecule has 2 aromatic carbocycles. The normalized spacial score (nSPS) is 13.7. The molecule has 28 heavy (non-hydrogen) atoms. The van der Waals surface area contributed by atoms with Gasteiger partial charge in [0, 0.05) is 5.56 Å². The molecular formula is C21H22N2O4S. The third-order valence-electron chi connectivity index (χ3n) is 4.22. The molecule has 0 aliphatic carbocycles. The summed E-state index contributed by atoms with van der Waals surface area (Å²) in [5.41, 5.74) is 2.83. The van der Waals surface area contributed by atoms with Crippen molar-refractivity contribution in [2.45, 2.75) is 26.8 Å². The predicted octanol–water partition coefficient (Wildman–Crippen LogP) is 4.23. The van der Waals surface area contributed by atoms with Crippen LogP contribution in [0, 0.1) is 6.92 Å². The number of anilines is 1. The van der Waals surface area contributed by atoms with Gasteiger partial charge in [-0.15, -0.1) is 0 Å². The average Bonchev–Trinajstić information content (AvgIpc) is 3.00. The zero-order chi connectivity index (χ0) is 20.1. The van der Waals surface area contributed by atoms with Gasteiger partial charge in [-0.25, -0.2) is 0 Å². The van der Waals surface area contributed by atoms with Gasteiger partial charge in [0.25, 0.3) is 11.1 Å². The number of ether oxygens (including phenoxy) is 1. The van der Waals surface area contributed by atoms with E-state index in [1.165, 1.54) is 4.90 Å². The fourth-order valence-corrected chi connectivity index (χ4v) is 3.51. The minimum Gasteiger partial charge on any atom is -0.491 e. The maximum atomic E-state index is 12.7. The van der Waals surface area contributed by atoms with Crippen LogP contribution in [0.3, 0.4) is 0 Å². The lowest BCUT2D eigenvalue weighted by atomic mass is 10.1. The highest BCUT2D eigenvalue weighted by molar-refractivity contribution is 8.14. The molecule has 3 rings (SSSR count). The lowest BCUT2D eigenvalue weighted by molar-refractivity contribution is -0.125. The second-order valence-electron chi connectivity index (χ2n) is 6.54. The fourth-order valence-electron chi connectivity index (χ4n) is 2.79. The van der Waals surface area contributed by atoms with E-state index in [-0.39, 0.29) is 29.4 Å². The highest BCUT2D eigenvalue weighted by Crippen LogP contribution is 2.27. The molecule has 1 saturated heterocycles. The number of hydrogen-bond acceptors (Lipinski definition) is 5. The van der Waals surface area contributed by atoms with Crippen LogP contribution in [0.4, 0.5) is 10.5 Å². The molecule has 146 valence electrons. The number of nitrogens with one attached hydrogen (secondary N) is 1. The Labute approximate surface area is 168 Å². The van der Waals surface area contributed by atoms with Crippen LogP contribution in [0.2, 0.25) is 0 Å². The lowest BCUT2D eigenvalue weighted by Gasteiger charge is -2.15. The molecule has 7 heteroatoms. The van der Waals surface area contributed by atoms with E-state index in [1.54, 1.807) is 24.3 Å². The van der Waals surface area contributed by atoms with Gasteiger partial charge in [-0.2, -0.15) is 0 Å². The van der Waals surface area contributed by atoms with Crippen LogP contribution in [0.1, 0.15) is 34.8 Å². The first-order valence-electron chi connectivity index (χ1n) is 9.09. The Morgan fingerprint density at radius 3 is 2.75 bits per heavy atom. The number of carbonyl (C=O) groups is 3. The minimum atomic E-state index is -0.277. The molecule has 0 saturated carbocycles. The number of nitrogens with zero attached hydrogens (tertiary/aromatic N) is 1. The second kappa shape index (κ2) is 8.93. The molecular weight excluding hydrogens is 376 g/mol. The number of amides is 3. The highest BCUT2D eigenvalue weighted by Gasteiger charge is 2.29. The molecule has 1 N–H and O–H groups in total. The van der Waals surface area contributed by atoms with E-state index in [0.717, 1.165) is 29.3 Å². The monoisotopic (exact) mass is 398 g/mol. The van der Waals surface area contributed by atoms with Crippen molar-refractivity contribution in [1.82, 2.24) is 4.90 Å². The Balaban J connectivity index is 1.75. The Hall–Kier alpha value is -2.80. The Morgan fingerprint density at radius 2 is 2.04 bits per heavy atom. The minimum absolute atomic E-state index is 0.168. The van der Waals surface area contributed by atoms with Gasteiger partial charge in [0.1, 0.15) is 5.75 Å². The quantitative estimate of drug-likeness (QED) is 0.755. The van der Waals surface area contributed by atoms with Crippen molar-refractivity contribution in [2.75, 3.05) is 17.7 Å². The SMILES string of the molecule is CCCOc1cc(C)ccc1NC(=O)c1cccc(CN2C(=O)CSC2=O)c1. The predicted molar refractivity (Wildman–Crippen MR) is 110 cm³/mol. The van der Waals surface area contributed by atoms with Crippen molar-refractivity contribution in [3.63, 3.8) is 0 Å². The smallest absolute Gasteiger partial charge is 0.289 e. The van der Waals surface area contributed by atoms with Crippen LogP contribution in [0.25, 0.3) is 0 Å². The third-order valence-corrected chi connectivity index (χ3v) is 5.08. The van der Waals surface area contributed by atoms with E-state index in [0.29, 0.717) is 23.6 Å². The van der Waals surface area contributed by atoms with Gasteiger partial charge >= 0.3 is 0 Å². The first-order valence-corrected chi connectivity index (χ1v) is 10.1. The molecule has 0 radical (unpaired) electrons. The molecule has 1 aliphatic rings. The zero-order valence-electron chi connectivity index (χ0n) is 15.9. The van der Waals surface area contributed by atoms with Gasteiger partial charge in [-0.1, -0.05) is 36.9 Å². The first kappa shape index (κ1) is 19.9. The Bertz CT molecular complexity index is 897. The molecule has 0 aromatic heterocycles. The summed E-state index contributed by atoms with van der Waals surface area (Å²) < 4.78 is 5.74. The maximum absolute atomic E-state index is 12.7. The Morgan fingerprint density at radius 1 is 1.21 bits per heavy atom. The molecule has 3 amide bonds. The van der Waals surface area contributed by atoms with Gasteiger partial charge < -0.3 is 10.1 Å². The first-order chi connectivity index (χ1) is 13.5. The standard InChI is InChI=1S/C21H22N2O4S/c1-3-9-27-18-10-14(2)7-8-17(18)22-20(25)16-6-4-5-15(11-16)12-23-19(24)13-28-21(23)26/h4-8,10-11H,3,9,12-13H2,1-2H3,(H,22,25). The van der Waals surface area contributed by atoms with Gasteiger partial charge in [-0.3, -0.25) is 19.3 Å². The maximum Gasteiger partial charge on any atom is 0.289 e. The highest BCUT2D eigenvalue weighted by atomic mass is 32.2. The summed E-state index contributed by atoms with van der Waals surface area (Å²) in [6.07, 6.45) is 0.871. The summed E-state index contributed by atoms with van der Waals surface area (Å²) in [5.74, 6) is 0.326. The summed E-state index contributed by atoms with van der Waals surface area (Å²) in [6.45, 7) is 4.72. The molecule has 0 bridgehead atoms. The number of benzene rings is 2. The van der Waals surface area contributed by atoms with Crippen LogP contribution in [-0.2, 0) is 11.3 Å². The molecule has 0 atom stereocenters. The van der Waals surface area contributed by atoms with Crippen LogP contribution >= 0.6 is 11.8 Å². The van der Waals surface area contributed by atoms with Gasteiger partial charge in [0.15, 0.2) is 0 Å². The fraction of sp³-hybridized carbons (Fsp3) is 0.286. The van der Waals surface area contributed by atoms with Crippen molar-refractivity contribution in [3.8, 4) is 5.75 Å². The van der Waals surface area contributed by atoms with Gasteiger partial charge in [0.2, 0.25) is 5.91 Å². The van der Waals surface area contributed by atoms with E-state index in [9.17, 15) is 14.4 Å². The average molecular weight is 398 g/mol. The van der Waals surface area contributed by atoms with Crippen LogP contribution in [0.5, 0.6) is 5.75 Å². The van der Waals surface area contributed by atoms with E-state index in [4.69, 9.17) is 4.74 Å². The topological polar surface area (TPSA) is 75.7 Å². The summed E-state index contributed by atoms with van der Waals surface area (Å²) in [6, 6.07) is 12.5. The number of rotatable bonds is 7. The largest absolute Gasteiger partial charge is 0.491 e. The summed E-state index contributed by atoms with van der Waals surface area (Å²) in [5, 5.41) is 2.63. The lowest BCUT2D eigenvalue weighted by Crippen LogP contribution is -2.28. The van der Waals surface area contributed by atoms with Crippen molar-refractivity contribution in [1.29, 1.82) is 0 Å². The van der Waals surface area contributed by atoms with Gasteiger partial charge in [0.05, 0.1) is 24.6 Å². The number of carbonyl (C=O) groups excluding carboxylic acids is 3. The number of thioether (sulfide) groups is 1. The van der Waals surface area contributed by atoms with Crippen molar-refractivity contribution in [2.24, 2.45) is 0 Å². The molecule has 1 heterocycles. The number of aryl methyl sites for hydroxylation is 1. The van der Waals surface area contributed by atoms with E-state index >= 15 is 0 Å². The van der Waals surface area contributed by atoms with Gasteiger partial charge in [-0.05, 0) is 48.7 Å². The van der Waals surface area contributed by atoms with Crippen LogP contribution in [0.15, 0.2) is 42.5 Å². The Kier molecular flexibility index (Phi) is 6.36. The summed E-state index contributed by atoms with van der Waals surface area (Å²) >= 11 is 0.998. The van der Waals surface area contributed by atoms with E-state index in [1.807, 2.05) is 32.0 Å².